The number of aliphatic hydroxyl groups excluding tert-OH is 1. The largest absolute Gasteiger partial charge is 0.396 e. The molecular formula is C18H23F2NO2. The van der Waals surface area contributed by atoms with Gasteiger partial charge in [-0.25, -0.2) is 8.78 Å². The minimum absolute atomic E-state index is 0.0528. The Kier molecular flexibility index (Phi) is 4.41. The van der Waals surface area contributed by atoms with E-state index in [4.69, 9.17) is 0 Å². The molecule has 1 amide bonds. The summed E-state index contributed by atoms with van der Waals surface area (Å²) in [5, 5.41) is 9.56. The van der Waals surface area contributed by atoms with Gasteiger partial charge in [0.05, 0.1) is 0 Å². The van der Waals surface area contributed by atoms with Crippen molar-refractivity contribution in [1.29, 1.82) is 0 Å². The monoisotopic (exact) mass is 323 g/mol. The molecule has 5 heteroatoms. The van der Waals surface area contributed by atoms with Crippen LogP contribution in [0.2, 0.25) is 0 Å². The molecule has 23 heavy (non-hydrogen) atoms. The maximum atomic E-state index is 13.8. The molecule has 1 aromatic rings. The summed E-state index contributed by atoms with van der Waals surface area (Å²) in [4.78, 5) is 14.4. The van der Waals surface area contributed by atoms with Crippen molar-refractivity contribution in [1.82, 2.24) is 4.90 Å². The number of piperidine rings is 1. The predicted molar refractivity (Wildman–Crippen MR) is 82.8 cm³/mol. The fourth-order valence-electron chi connectivity index (χ4n) is 3.67. The second-order valence-electron chi connectivity index (χ2n) is 6.95. The number of nitrogens with zero attached hydrogens (tertiary/aromatic N) is 1. The van der Waals surface area contributed by atoms with Crippen molar-refractivity contribution in [2.45, 2.75) is 38.5 Å². The SMILES string of the molecule is CCC1(CO)CCN(C(=O)C2CC2c2ccc(F)cc2F)CC1. The number of halogens is 2. The third-order valence-corrected chi connectivity index (χ3v) is 5.69. The van der Waals surface area contributed by atoms with Crippen molar-refractivity contribution in [3.05, 3.63) is 35.4 Å². The number of rotatable bonds is 4. The van der Waals surface area contributed by atoms with Gasteiger partial charge in [0.15, 0.2) is 0 Å². The van der Waals surface area contributed by atoms with Crippen LogP contribution in [0.5, 0.6) is 0 Å². The number of amides is 1. The zero-order valence-electron chi connectivity index (χ0n) is 13.4. The minimum atomic E-state index is -0.592. The number of carbonyl (C=O) groups excluding carboxylic acids is 1. The maximum absolute atomic E-state index is 13.8. The van der Waals surface area contributed by atoms with Gasteiger partial charge in [0.1, 0.15) is 11.6 Å². The Morgan fingerprint density at radius 3 is 2.61 bits per heavy atom. The molecule has 2 fully saturated rings. The first kappa shape index (κ1) is 16.4. The molecule has 2 atom stereocenters. The smallest absolute Gasteiger partial charge is 0.226 e. The molecule has 0 spiro atoms. The van der Waals surface area contributed by atoms with Gasteiger partial charge in [-0.15, -0.1) is 0 Å². The average Bonchev–Trinajstić information content (AvgIpc) is 3.34. The number of likely N-dealkylation sites (tertiary alicyclic amines) is 1. The van der Waals surface area contributed by atoms with Crippen LogP contribution in [0.15, 0.2) is 18.2 Å². The van der Waals surface area contributed by atoms with Gasteiger partial charge in [0.25, 0.3) is 0 Å². The topological polar surface area (TPSA) is 40.5 Å². The normalized spacial score (nSPS) is 26.2. The fraction of sp³-hybridized carbons (Fsp3) is 0.611. The Labute approximate surface area is 135 Å². The zero-order chi connectivity index (χ0) is 16.6. The van der Waals surface area contributed by atoms with Gasteiger partial charge in [-0.2, -0.15) is 0 Å². The first-order valence-corrected chi connectivity index (χ1v) is 8.34. The highest BCUT2D eigenvalue weighted by Crippen LogP contribution is 2.50. The first-order chi connectivity index (χ1) is 11.0. The molecule has 1 aromatic carbocycles. The predicted octanol–water partition coefficient (Wildman–Crippen LogP) is 3.08. The summed E-state index contributed by atoms with van der Waals surface area (Å²) < 4.78 is 26.8. The molecule has 2 unspecified atom stereocenters. The molecular weight excluding hydrogens is 300 g/mol. The van der Waals surface area contributed by atoms with E-state index in [1.165, 1.54) is 12.1 Å². The molecule has 2 aliphatic rings. The highest BCUT2D eigenvalue weighted by molar-refractivity contribution is 5.83. The Morgan fingerprint density at radius 2 is 2.04 bits per heavy atom. The summed E-state index contributed by atoms with van der Waals surface area (Å²) in [6.45, 7) is 3.55. The molecule has 1 N–H and O–H groups in total. The third-order valence-electron chi connectivity index (χ3n) is 5.69. The van der Waals surface area contributed by atoms with Gasteiger partial charge in [0.2, 0.25) is 5.91 Å². The lowest BCUT2D eigenvalue weighted by atomic mass is 9.77. The van der Waals surface area contributed by atoms with E-state index < -0.39 is 11.6 Å². The fourth-order valence-corrected chi connectivity index (χ4v) is 3.67. The van der Waals surface area contributed by atoms with E-state index in [1.807, 2.05) is 4.90 Å². The summed E-state index contributed by atoms with van der Waals surface area (Å²) in [7, 11) is 0. The van der Waals surface area contributed by atoms with E-state index in [2.05, 4.69) is 6.92 Å². The molecule has 3 nitrogen and oxygen atoms in total. The van der Waals surface area contributed by atoms with Gasteiger partial charge in [-0.3, -0.25) is 4.79 Å². The zero-order valence-corrected chi connectivity index (χ0v) is 13.4. The van der Waals surface area contributed by atoms with Crippen molar-refractivity contribution in [3.8, 4) is 0 Å². The summed E-state index contributed by atoms with van der Waals surface area (Å²) in [6, 6.07) is 3.58. The first-order valence-electron chi connectivity index (χ1n) is 8.34. The van der Waals surface area contributed by atoms with Gasteiger partial charge in [-0.1, -0.05) is 13.0 Å². The van der Waals surface area contributed by atoms with E-state index in [1.54, 1.807) is 0 Å². The molecule has 0 radical (unpaired) electrons. The number of carbonyl (C=O) groups is 1. The molecule has 0 bridgehead atoms. The van der Waals surface area contributed by atoms with Crippen LogP contribution in [0.1, 0.15) is 44.1 Å². The van der Waals surface area contributed by atoms with Gasteiger partial charge in [0, 0.05) is 31.7 Å². The van der Waals surface area contributed by atoms with Crippen LogP contribution in [0.4, 0.5) is 8.78 Å². The van der Waals surface area contributed by atoms with E-state index in [0.29, 0.717) is 25.1 Å². The minimum Gasteiger partial charge on any atom is -0.396 e. The van der Waals surface area contributed by atoms with Crippen molar-refractivity contribution < 1.29 is 18.7 Å². The highest BCUT2D eigenvalue weighted by Gasteiger charge is 2.48. The Balaban J connectivity index is 1.61. The number of hydrogen-bond acceptors (Lipinski definition) is 2. The van der Waals surface area contributed by atoms with E-state index in [0.717, 1.165) is 25.3 Å². The van der Waals surface area contributed by atoms with E-state index in [9.17, 15) is 18.7 Å². The van der Waals surface area contributed by atoms with Crippen LogP contribution in [0.25, 0.3) is 0 Å². The standard InChI is InChI=1S/C18H23F2NO2/c1-2-18(11-22)5-7-21(8-6-18)17(23)15-10-14(15)13-4-3-12(19)9-16(13)20/h3-4,9,14-15,22H,2,5-8,10-11H2,1H3. The molecule has 3 rings (SSSR count). The molecule has 126 valence electrons. The lowest BCUT2D eigenvalue weighted by Crippen LogP contribution is -2.45. The lowest BCUT2D eigenvalue weighted by Gasteiger charge is -2.40. The van der Waals surface area contributed by atoms with Crippen molar-refractivity contribution >= 4 is 5.91 Å². The molecule has 1 saturated carbocycles. The summed E-state index contributed by atoms with van der Waals surface area (Å²) >= 11 is 0. The summed E-state index contributed by atoms with van der Waals surface area (Å²) in [5.41, 5.74) is 0.392. The van der Waals surface area contributed by atoms with Crippen LogP contribution in [0.3, 0.4) is 0 Å². The van der Waals surface area contributed by atoms with E-state index >= 15 is 0 Å². The van der Waals surface area contributed by atoms with Gasteiger partial charge >= 0.3 is 0 Å². The molecule has 1 heterocycles. The van der Waals surface area contributed by atoms with Gasteiger partial charge in [-0.05, 0) is 48.6 Å². The van der Waals surface area contributed by atoms with Crippen LogP contribution < -0.4 is 0 Å². The number of hydrogen-bond donors (Lipinski definition) is 1. The number of aliphatic hydroxyl groups is 1. The molecule has 1 aliphatic heterocycles. The van der Waals surface area contributed by atoms with Crippen molar-refractivity contribution in [2.75, 3.05) is 19.7 Å². The van der Waals surface area contributed by atoms with E-state index in [-0.39, 0.29) is 29.8 Å². The quantitative estimate of drug-likeness (QED) is 0.925. The summed E-state index contributed by atoms with van der Waals surface area (Å²) in [5.74, 6) is -1.39. The second kappa shape index (κ2) is 6.19. The van der Waals surface area contributed by atoms with Crippen LogP contribution in [0, 0.1) is 23.0 Å². The van der Waals surface area contributed by atoms with Crippen LogP contribution in [-0.2, 0) is 4.79 Å². The lowest BCUT2D eigenvalue weighted by molar-refractivity contribution is -0.135. The van der Waals surface area contributed by atoms with Crippen LogP contribution in [-0.4, -0.2) is 35.6 Å². The third kappa shape index (κ3) is 3.11. The molecule has 1 saturated heterocycles. The Morgan fingerprint density at radius 1 is 1.35 bits per heavy atom. The Bertz CT molecular complexity index is 591. The van der Waals surface area contributed by atoms with Crippen molar-refractivity contribution in [2.24, 2.45) is 11.3 Å². The second-order valence-corrected chi connectivity index (χ2v) is 6.95. The summed E-state index contributed by atoms with van der Waals surface area (Å²) in [6.07, 6.45) is 3.18. The highest BCUT2D eigenvalue weighted by atomic mass is 19.1. The van der Waals surface area contributed by atoms with Crippen molar-refractivity contribution in [3.63, 3.8) is 0 Å². The van der Waals surface area contributed by atoms with Crippen LogP contribution >= 0.6 is 0 Å². The molecule has 0 aromatic heterocycles. The molecule has 1 aliphatic carbocycles. The Hall–Kier alpha value is -1.49. The van der Waals surface area contributed by atoms with Gasteiger partial charge < -0.3 is 10.0 Å². The average molecular weight is 323 g/mol. The number of benzene rings is 1. The maximum Gasteiger partial charge on any atom is 0.226 e.